The van der Waals surface area contributed by atoms with E-state index in [1.165, 1.54) is 0 Å². The molecular formula is C23H20Cl2N6O2. The molecule has 0 atom stereocenters. The lowest BCUT2D eigenvalue weighted by molar-refractivity contribution is -0.109. The van der Waals surface area contributed by atoms with Gasteiger partial charge in [0.05, 0.1) is 11.2 Å². The number of nitrogens with one attached hydrogen (secondary N) is 2. The van der Waals surface area contributed by atoms with Crippen LogP contribution in [0, 0.1) is 0 Å². The molecule has 0 bridgehead atoms. The van der Waals surface area contributed by atoms with Crippen LogP contribution in [0.15, 0.2) is 53.6 Å². The second-order valence-electron chi connectivity index (χ2n) is 7.80. The lowest BCUT2D eigenvalue weighted by atomic mass is 10.1. The lowest BCUT2D eigenvalue weighted by Gasteiger charge is -2.04. The molecule has 3 heterocycles. The fraction of sp³-hybridized carbons (Fsp3) is 0.174. The largest absolute Gasteiger partial charge is 0.359 e. The van der Waals surface area contributed by atoms with E-state index in [2.05, 4.69) is 20.1 Å². The number of halogens is 2. The Morgan fingerprint density at radius 2 is 1.79 bits per heavy atom. The Balaban J connectivity index is 1.71. The number of carbonyl (C=O) groups is 1. The van der Waals surface area contributed by atoms with Gasteiger partial charge in [-0.3, -0.25) is 4.79 Å². The summed E-state index contributed by atoms with van der Waals surface area (Å²) in [5.41, 5.74) is 3.01. The first-order chi connectivity index (χ1) is 16.0. The Bertz CT molecular complexity index is 1560. The number of rotatable bonds is 7. The number of benzene rings is 2. The Morgan fingerprint density at radius 1 is 1.06 bits per heavy atom. The van der Waals surface area contributed by atoms with Gasteiger partial charge in [-0.1, -0.05) is 23.2 Å². The van der Waals surface area contributed by atoms with Crippen molar-refractivity contribution < 1.29 is 4.79 Å². The molecule has 0 aliphatic rings. The molecule has 0 unspecified atom stereocenters. The molecule has 168 valence electrons. The van der Waals surface area contributed by atoms with Crippen LogP contribution in [0.1, 0.15) is 6.42 Å². The van der Waals surface area contributed by atoms with E-state index in [4.69, 9.17) is 23.2 Å². The Labute approximate surface area is 198 Å². The maximum atomic E-state index is 13.0. The highest BCUT2D eigenvalue weighted by Gasteiger charge is 2.21. The number of amides is 1. The molecule has 0 aliphatic carbocycles. The van der Waals surface area contributed by atoms with E-state index in [0.29, 0.717) is 41.1 Å². The van der Waals surface area contributed by atoms with Crippen molar-refractivity contribution in [3.63, 3.8) is 0 Å². The minimum atomic E-state index is -0.356. The Kier molecular flexibility index (Phi) is 5.47. The van der Waals surface area contributed by atoms with E-state index in [0.717, 1.165) is 33.8 Å². The second kappa shape index (κ2) is 8.46. The third kappa shape index (κ3) is 3.71. The summed E-state index contributed by atoms with van der Waals surface area (Å²) in [6.45, 7) is 1.21. The molecule has 5 rings (SSSR count). The number of aromatic nitrogens is 5. The van der Waals surface area contributed by atoms with E-state index in [1.54, 1.807) is 4.57 Å². The van der Waals surface area contributed by atoms with E-state index in [1.807, 2.05) is 60.4 Å². The van der Waals surface area contributed by atoms with Gasteiger partial charge in [0.2, 0.25) is 6.41 Å². The summed E-state index contributed by atoms with van der Waals surface area (Å²) in [6.07, 6.45) is 5.27. The first-order valence-corrected chi connectivity index (χ1v) is 11.1. The van der Waals surface area contributed by atoms with Gasteiger partial charge in [-0.25, -0.2) is 14.5 Å². The first-order valence-electron chi connectivity index (χ1n) is 10.4. The van der Waals surface area contributed by atoms with Gasteiger partial charge in [0.25, 0.3) is 0 Å². The highest BCUT2D eigenvalue weighted by molar-refractivity contribution is 6.31. The van der Waals surface area contributed by atoms with E-state index < -0.39 is 0 Å². The average Bonchev–Trinajstić information content (AvgIpc) is 3.44. The van der Waals surface area contributed by atoms with Crippen LogP contribution in [-0.4, -0.2) is 36.9 Å². The Hall–Kier alpha value is -3.49. The van der Waals surface area contributed by atoms with Gasteiger partial charge >= 0.3 is 5.69 Å². The Morgan fingerprint density at radius 3 is 2.55 bits per heavy atom. The molecule has 3 aromatic heterocycles. The second-order valence-corrected chi connectivity index (χ2v) is 8.67. The first kappa shape index (κ1) is 21.4. The normalized spacial score (nSPS) is 11.5. The summed E-state index contributed by atoms with van der Waals surface area (Å²) in [6, 6.07) is 11.2. The van der Waals surface area contributed by atoms with Gasteiger partial charge in [-0.15, -0.1) is 0 Å². The third-order valence-electron chi connectivity index (χ3n) is 5.73. The molecule has 33 heavy (non-hydrogen) atoms. The number of fused-ring (bicyclic) bond motifs is 2. The van der Waals surface area contributed by atoms with Gasteiger partial charge in [0, 0.05) is 64.4 Å². The van der Waals surface area contributed by atoms with Crippen molar-refractivity contribution >= 4 is 51.4 Å². The fourth-order valence-electron chi connectivity index (χ4n) is 4.27. The molecule has 2 N–H and O–H groups in total. The van der Waals surface area contributed by atoms with Gasteiger partial charge in [-0.05, 0) is 42.8 Å². The highest BCUT2D eigenvalue weighted by Crippen LogP contribution is 2.34. The van der Waals surface area contributed by atoms with Crippen molar-refractivity contribution in [1.82, 2.24) is 29.2 Å². The van der Waals surface area contributed by atoms with Crippen LogP contribution < -0.4 is 11.0 Å². The molecule has 0 spiro atoms. The maximum Gasteiger partial charge on any atom is 0.348 e. The van der Waals surface area contributed by atoms with Crippen LogP contribution in [0.4, 0.5) is 0 Å². The van der Waals surface area contributed by atoms with E-state index in [9.17, 15) is 9.59 Å². The van der Waals surface area contributed by atoms with Gasteiger partial charge in [-0.2, -0.15) is 5.10 Å². The average molecular weight is 483 g/mol. The zero-order valence-corrected chi connectivity index (χ0v) is 19.2. The number of H-pyrrole nitrogens is 1. The molecule has 10 heteroatoms. The van der Waals surface area contributed by atoms with Gasteiger partial charge in [0.15, 0.2) is 5.82 Å². The summed E-state index contributed by atoms with van der Waals surface area (Å²) in [5.74, 6) is 0.481. The number of hydrogen-bond acceptors (Lipinski definition) is 3. The molecule has 0 fully saturated rings. The molecule has 0 radical (unpaired) electrons. The summed E-state index contributed by atoms with van der Waals surface area (Å²) in [5, 5.41) is 12.5. The van der Waals surface area contributed by atoms with Crippen LogP contribution in [0.5, 0.6) is 0 Å². The van der Waals surface area contributed by atoms with Gasteiger partial charge < -0.3 is 14.5 Å². The SMILES string of the molecule is Cn1cc(-c2n[nH]c(=O)n2-c2cn(CCCNC=O)c3ccc(Cl)cc23)c2cc(Cl)ccc21. The minimum absolute atomic E-state index is 0.356. The van der Waals surface area contributed by atoms with Crippen LogP contribution in [0.25, 0.3) is 38.9 Å². The number of aryl methyl sites for hydroxylation is 2. The molecule has 0 aliphatic heterocycles. The van der Waals surface area contributed by atoms with Crippen molar-refractivity contribution in [2.24, 2.45) is 7.05 Å². The van der Waals surface area contributed by atoms with Crippen molar-refractivity contribution in [3.05, 3.63) is 69.3 Å². The fourth-order valence-corrected chi connectivity index (χ4v) is 4.61. The summed E-state index contributed by atoms with van der Waals surface area (Å²) >= 11 is 12.6. The predicted molar refractivity (Wildman–Crippen MR) is 130 cm³/mol. The topological polar surface area (TPSA) is 89.6 Å². The zero-order valence-electron chi connectivity index (χ0n) is 17.7. The minimum Gasteiger partial charge on any atom is -0.359 e. The molecule has 1 amide bonds. The van der Waals surface area contributed by atoms with E-state index in [-0.39, 0.29) is 5.69 Å². The standard InChI is InChI=1S/C23H20Cl2N6O2/c1-29-11-18(16-9-14(24)3-5-19(16)29)22-27-28-23(33)31(22)21-12-30(8-2-7-26-13-32)20-6-4-15(25)10-17(20)21/h3-6,9-13H,2,7-8H2,1H3,(H,26,32)(H,28,33). The van der Waals surface area contributed by atoms with Crippen LogP contribution in [-0.2, 0) is 18.4 Å². The monoisotopic (exact) mass is 482 g/mol. The molecule has 8 nitrogen and oxygen atoms in total. The predicted octanol–water partition coefficient (Wildman–Crippen LogP) is 4.12. The molecule has 5 aromatic rings. The number of carbonyl (C=O) groups excluding carboxylic acids is 1. The van der Waals surface area contributed by atoms with Crippen molar-refractivity contribution in [2.45, 2.75) is 13.0 Å². The molecule has 2 aromatic carbocycles. The van der Waals surface area contributed by atoms with Crippen LogP contribution in [0.3, 0.4) is 0 Å². The lowest BCUT2D eigenvalue weighted by Crippen LogP contribution is -2.16. The molecular weight excluding hydrogens is 463 g/mol. The zero-order chi connectivity index (χ0) is 23.1. The van der Waals surface area contributed by atoms with E-state index >= 15 is 0 Å². The van der Waals surface area contributed by atoms with Crippen molar-refractivity contribution in [2.75, 3.05) is 6.54 Å². The quantitative estimate of drug-likeness (QED) is 0.270. The molecule has 0 saturated heterocycles. The maximum absolute atomic E-state index is 13.0. The van der Waals surface area contributed by atoms with Crippen LogP contribution in [0.2, 0.25) is 10.0 Å². The van der Waals surface area contributed by atoms with Crippen LogP contribution >= 0.6 is 23.2 Å². The van der Waals surface area contributed by atoms with Crippen molar-refractivity contribution in [3.8, 4) is 17.1 Å². The number of hydrogen-bond donors (Lipinski definition) is 2. The summed E-state index contributed by atoms with van der Waals surface area (Å²) in [4.78, 5) is 23.5. The van der Waals surface area contributed by atoms with Gasteiger partial charge in [0.1, 0.15) is 0 Å². The highest BCUT2D eigenvalue weighted by atomic mass is 35.5. The third-order valence-corrected chi connectivity index (χ3v) is 6.20. The summed E-state index contributed by atoms with van der Waals surface area (Å²) < 4.78 is 5.59. The number of nitrogens with zero attached hydrogens (tertiary/aromatic N) is 4. The molecule has 0 saturated carbocycles. The number of aromatic amines is 1. The van der Waals surface area contributed by atoms with Crippen molar-refractivity contribution in [1.29, 1.82) is 0 Å². The smallest absolute Gasteiger partial charge is 0.348 e. The summed E-state index contributed by atoms with van der Waals surface area (Å²) in [7, 11) is 1.94.